The smallest absolute Gasteiger partial charge is 0.126 e. The molecule has 0 unspecified atom stereocenters. The molecule has 96 valence electrons. The van der Waals surface area contributed by atoms with Gasteiger partial charge >= 0.3 is 0 Å². The Morgan fingerprint density at radius 3 is 2.50 bits per heavy atom. The van der Waals surface area contributed by atoms with Crippen LogP contribution in [0.25, 0.3) is 11.3 Å². The van der Waals surface area contributed by atoms with Gasteiger partial charge in [-0.05, 0) is 57.5 Å². The number of H-pyrrole nitrogens is 1. The van der Waals surface area contributed by atoms with E-state index < -0.39 is 0 Å². The zero-order chi connectivity index (χ0) is 13.3. The second-order valence-electron chi connectivity index (χ2n) is 5.32. The van der Waals surface area contributed by atoms with Crippen LogP contribution in [0.15, 0.2) is 24.4 Å². The zero-order valence-corrected chi connectivity index (χ0v) is 11.8. The minimum Gasteiger partial charge on any atom is -0.340 e. The largest absolute Gasteiger partial charge is 0.340 e. The fourth-order valence-corrected chi connectivity index (χ4v) is 1.81. The maximum atomic E-state index is 4.47. The number of benzene rings is 1. The predicted octanol–water partition coefficient (Wildman–Crippen LogP) is 3.15. The fourth-order valence-electron chi connectivity index (χ4n) is 1.81. The molecule has 0 spiro atoms. The van der Waals surface area contributed by atoms with Crippen molar-refractivity contribution in [2.45, 2.75) is 33.2 Å². The molecule has 2 aromatic rings. The molecule has 0 saturated carbocycles. The number of aromatic nitrogens is 2. The number of imidazole rings is 1. The molecule has 0 amide bonds. The first-order chi connectivity index (χ1) is 8.44. The van der Waals surface area contributed by atoms with Gasteiger partial charge in [-0.25, -0.2) is 4.98 Å². The lowest BCUT2D eigenvalue weighted by Gasteiger charge is -2.20. The highest BCUT2D eigenvalue weighted by Gasteiger charge is 2.21. The lowest BCUT2D eigenvalue weighted by molar-refractivity contribution is 0.421. The van der Waals surface area contributed by atoms with Gasteiger partial charge in [0.2, 0.25) is 0 Å². The van der Waals surface area contributed by atoms with Crippen LogP contribution in [0.1, 0.15) is 30.8 Å². The standard InChI is InChI=1S/C15H21N3/c1-10-6-7-12(8-11(10)2)13-9-17-14(18-13)15(3,4)16-5/h6-9,16H,1-5H3,(H,17,18). The summed E-state index contributed by atoms with van der Waals surface area (Å²) in [5.74, 6) is 0.957. The van der Waals surface area contributed by atoms with Gasteiger partial charge in [0.15, 0.2) is 0 Å². The van der Waals surface area contributed by atoms with Crippen molar-refractivity contribution in [3.63, 3.8) is 0 Å². The van der Waals surface area contributed by atoms with E-state index in [1.54, 1.807) is 0 Å². The topological polar surface area (TPSA) is 40.7 Å². The second-order valence-corrected chi connectivity index (χ2v) is 5.32. The molecular formula is C15H21N3. The van der Waals surface area contributed by atoms with Gasteiger partial charge in [0.25, 0.3) is 0 Å². The minimum atomic E-state index is -0.141. The highest BCUT2D eigenvalue weighted by Crippen LogP contribution is 2.23. The SMILES string of the molecule is CNC(C)(C)c1ncc(-c2ccc(C)c(C)c2)[nH]1. The molecule has 0 saturated heterocycles. The quantitative estimate of drug-likeness (QED) is 0.869. The van der Waals surface area contributed by atoms with Crippen LogP contribution >= 0.6 is 0 Å². The first kappa shape index (κ1) is 12.8. The van der Waals surface area contributed by atoms with Crippen LogP contribution < -0.4 is 5.32 Å². The summed E-state index contributed by atoms with van der Waals surface area (Å²) in [6.07, 6.45) is 1.90. The molecule has 0 aliphatic rings. The summed E-state index contributed by atoms with van der Waals surface area (Å²) in [6, 6.07) is 6.47. The lowest BCUT2D eigenvalue weighted by Crippen LogP contribution is -2.34. The highest BCUT2D eigenvalue weighted by atomic mass is 15.0. The number of aryl methyl sites for hydroxylation is 2. The molecule has 3 nitrogen and oxygen atoms in total. The molecular weight excluding hydrogens is 222 g/mol. The molecule has 2 rings (SSSR count). The normalized spacial score (nSPS) is 11.8. The van der Waals surface area contributed by atoms with Crippen LogP contribution in [0.3, 0.4) is 0 Å². The summed E-state index contributed by atoms with van der Waals surface area (Å²) in [6.45, 7) is 8.47. The van der Waals surface area contributed by atoms with Crippen LogP contribution in [0.4, 0.5) is 0 Å². The molecule has 0 bridgehead atoms. The van der Waals surface area contributed by atoms with Crippen molar-refractivity contribution in [3.05, 3.63) is 41.3 Å². The van der Waals surface area contributed by atoms with Gasteiger partial charge in [-0.3, -0.25) is 0 Å². The third-order valence-corrected chi connectivity index (χ3v) is 3.61. The maximum Gasteiger partial charge on any atom is 0.126 e. The monoisotopic (exact) mass is 243 g/mol. The number of rotatable bonds is 3. The first-order valence-electron chi connectivity index (χ1n) is 6.26. The summed E-state index contributed by atoms with van der Waals surface area (Å²) >= 11 is 0. The molecule has 0 aliphatic heterocycles. The van der Waals surface area contributed by atoms with Crippen LogP contribution in [-0.2, 0) is 5.54 Å². The van der Waals surface area contributed by atoms with E-state index >= 15 is 0 Å². The first-order valence-corrected chi connectivity index (χ1v) is 6.26. The van der Waals surface area contributed by atoms with Crippen molar-refractivity contribution in [1.82, 2.24) is 15.3 Å². The van der Waals surface area contributed by atoms with Crippen molar-refractivity contribution < 1.29 is 0 Å². The van der Waals surface area contributed by atoms with E-state index in [9.17, 15) is 0 Å². The predicted molar refractivity (Wildman–Crippen MR) is 75.6 cm³/mol. The molecule has 0 aliphatic carbocycles. The Bertz CT molecular complexity index is 553. The Morgan fingerprint density at radius 1 is 1.17 bits per heavy atom. The average molecular weight is 243 g/mol. The van der Waals surface area contributed by atoms with Crippen molar-refractivity contribution in [2.24, 2.45) is 0 Å². The Balaban J connectivity index is 2.38. The third-order valence-electron chi connectivity index (χ3n) is 3.61. The molecule has 18 heavy (non-hydrogen) atoms. The summed E-state index contributed by atoms with van der Waals surface area (Å²) in [4.78, 5) is 7.86. The van der Waals surface area contributed by atoms with E-state index in [1.807, 2.05) is 13.2 Å². The van der Waals surface area contributed by atoms with Gasteiger partial charge in [0.05, 0.1) is 17.4 Å². The number of nitrogens with zero attached hydrogens (tertiary/aromatic N) is 1. The van der Waals surface area contributed by atoms with Gasteiger partial charge < -0.3 is 10.3 Å². The third kappa shape index (κ3) is 2.31. The summed E-state index contributed by atoms with van der Waals surface area (Å²) in [5, 5.41) is 3.25. The molecule has 2 N–H and O–H groups in total. The van der Waals surface area contributed by atoms with E-state index in [-0.39, 0.29) is 5.54 Å². The van der Waals surface area contributed by atoms with Gasteiger partial charge in [0, 0.05) is 0 Å². The lowest BCUT2D eigenvalue weighted by atomic mass is 10.0. The van der Waals surface area contributed by atoms with Crippen molar-refractivity contribution in [3.8, 4) is 11.3 Å². The van der Waals surface area contributed by atoms with E-state index in [1.165, 1.54) is 16.7 Å². The maximum absolute atomic E-state index is 4.47. The van der Waals surface area contributed by atoms with E-state index in [0.29, 0.717) is 0 Å². The van der Waals surface area contributed by atoms with Crippen LogP contribution in [0, 0.1) is 13.8 Å². The molecule has 0 fully saturated rings. The van der Waals surface area contributed by atoms with Gasteiger partial charge in [-0.2, -0.15) is 0 Å². The van der Waals surface area contributed by atoms with E-state index in [2.05, 4.69) is 61.2 Å². The van der Waals surface area contributed by atoms with Crippen molar-refractivity contribution >= 4 is 0 Å². The second kappa shape index (κ2) is 4.58. The number of nitrogens with one attached hydrogen (secondary N) is 2. The summed E-state index contributed by atoms with van der Waals surface area (Å²) < 4.78 is 0. The van der Waals surface area contributed by atoms with Crippen LogP contribution in [0.5, 0.6) is 0 Å². The molecule has 1 heterocycles. The van der Waals surface area contributed by atoms with Crippen molar-refractivity contribution in [1.29, 1.82) is 0 Å². The number of aromatic amines is 1. The Hall–Kier alpha value is -1.61. The van der Waals surface area contributed by atoms with E-state index in [4.69, 9.17) is 0 Å². The summed E-state index contributed by atoms with van der Waals surface area (Å²) in [5.41, 5.74) is 4.73. The van der Waals surface area contributed by atoms with E-state index in [0.717, 1.165) is 11.5 Å². The van der Waals surface area contributed by atoms with Gasteiger partial charge in [0.1, 0.15) is 5.82 Å². The molecule has 1 aromatic heterocycles. The molecule has 1 aromatic carbocycles. The molecule has 3 heteroatoms. The van der Waals surface area contributed by atoms with Crippen LogP contribution in [-0.4, -0.2) is 17.0 Å². The van der Waals surface area contributed by atoms with Crippen LogP contribution in [0.2, 0.25) is 0 Å². The van der Waals surface area contributed by atoms with Gasteiger partial charge in [-0.1, -0.05) is 12.1 Å². The minimum absolute atomic E-state index is 0.141. The molecule has 0 radical (unpaired) electrons. The Kier molecular flexibility index (Phi) is 3.26. The Morgan fingerprint density at radius 2 is 1.89 bits per heavy atom. The number of hydrogen-bond donors (Lipinski definition) is 2. The summed E-state index contributed by atoms with van der Waals surface area (Å²) in [7, 11) is 1.94. The zero-order valence-electron chi connectivity index (χ0n) is 11.8. The average Bonchev–Trinajstić information content (AvgIpc) is 2.83. The molecule has 0 atom stereocenters. The number of hydrogen-bond acceptors (Lipinski definition) is 2. The van der Waals surface area contributed by atoms with Gasteiger partial charge in [-0.15, -0.1) is 0 Å². The fraction of sp³-hybridized carbons (Fsp3) is 0.400. The van der Waals surface area contributed by atoms with Crippen molar-refractivity contribution in [2.75, 3.05) is 7.05 Å². The highest BCUT2D eigenvalue weighted by molar-refractivity contribution is 5.60. The Labute approximate surface area is 109 Å².